The highest BCUT2D eigenvalue weighted by Crippen LogP contribution is 2.34. The average molecular weight is 273 g/mol. The molecule has 1 aromatic heterocycles. The van der Waals surface area contributed by atoms with E-state index >= 15 is 0 Å². The fourth-order valence-corrected chi connectivity index (χ4v) is 2.29. The Balaban J connectivity index is 1.84. The van der Waals surface area contributed by atoms with Crippen LogP contribution in [0.4, 0.5) is 0 Å². The number of hydrogen-bond donors (Lipinski definition) is 2. The zero-order chi connectivity index (χ0) is 13.8. The molecule has 0 spiro atoms. The first-order valence-corrected chi connectivity index (χ1v) is 7.01. The van der Waals surface area contributed by atoms with Gasteiger partial charge < -0.3 is 14.8 Å². The Morgan fingerprint density at radius 3 is 2.95 bits per heavy atom. The van der Waals surface area contributed by atoms with E-state index in [1.54, 1.807) is 0 Å². The molecule has 1 aromatic carbocycles. The van der Waals surface area contributed by atoms with E-state index in [0.29, 0.717) is 13.2 Å². The lowest BCUT2D eigenvalue weighted by molar-refractivity contribution is 0.171. The van der Waals surface area contributed by atoms with Gasteiger partial charge in [-0.2, -0.15) is 5.10 Å². The van der Waals surface area contributed by atoms with Gasteiger partial charge in [0.25, 0.3) is 0 Å². The van der Waals surface area contributed by atoms with Crippen LogP contribution in [-0.2, 0) is 6.54 Å². The van der Waals surface area contributed by atoms with Crippen LogP contribution in [-0.4, -0.2) is 30.0 Å². The summed E-state index contributed by atoms with van der Waals surface area (Å²) >= 11 is 0. The standard InChI is InChI=1S/C15H19N3O2/c1-2-5-16-9-12-10-17-18-15(12)11-3-4-13-14(8-11)20-7-6-19-13/h3-4,8,10,16H,2,5-7,9H2,1H3,(H,17,18). The van der Waals surface area contributed by atoms with Crippen molar-refractivity contribution in [3.05, 3.63) is 30.0 Å². The van der Waals surface area contributed by atoms with Crippen molar-refractivity contribution >= 4 is 0 Å². The van der Waals surface area contributed by atoms with E-state index in [9.17, 15) is 0 Å². The number of hydrogen-bond acceptors (Lipinski definition) is 4. The average Bonchev–Trinajstić information content (AvgIpc) is 2.95. The zero-order valence-electron chi connectivity index (χ0n) is 11.6. The molecule has 0 saturated heterocycles. The lowest BCUT2D eigenvalue weighted by Gasteiger charge is -2.18. The van der Waals surface area contributed by atoms with Gasteiger partial charge >= 0.3 is 0 Å². The maximum atomic E-state index is 5.63. The number of rotatable bonds is 5. The Hall–Kier alpha value is -2.01. The van der Waals surface area contributed by atoms with Gasteiger partial charge in [0.2, 0.25) is 0 Å². The summed E-state index contributed by atoms with van der Waals surface area (Å²) in [5.41, 5.74) is 3.26. The van der Waals surface area contributed by atoms with Crippen molar-refractivity contribution in [2.75, 3.05) is 19.8 Å². The second kappa shape index (κ2) is 5.96. The van der Waals surface area contributed by atoms with Crippen molar-refractivity contribution in [1.82, 2.24) is 15.5 Å². The second-order valence-corrected chi connectivity index (χ2v) is 4.81. The topological polar surface area (TPSA) is 59.2 Å². The first kappa shape index (κ1) is 13.0. The molecule has 2 heterocycles. The van der Waals surface area contributed by atoms with Gasteiger partial charge in [-0.05, 0) is 31.2 Å². The third-order valence-electron chi connectivity index (χ3n) is 3.29. The molecule has 1 aliphatic rings. The molecule has 0 saturated carbocycles. The van der Waals surface area contributed by atoms with Crippen LogP contribution in [0.25, 0.3) is 11.3 Å². The quantitative estimate of drug-likeness (QED) is 0.821. The molecule has 5 heteroatoms. The van der Waals surface area contributed by atoms with Crippen molar-refractivity contribution in [2.24, 2.45) is 0 Å². The van der Waals surface area contributed by atoms with Crippen molar-refractivity contribution < 1.29 is 9.47 Å². The molecule has 1 aliphatic heterocycles. The summed E-state index contributed by atoms with van der Waals surface area (Å²) in [7, 11) is 0. The van der Waals surface area contributed by atoms with Crippen molar-refractivity contribution in [3.63, 3.8) is 0 Å². The molecule has 3 rings (SSSR count). The highest BCUT2D eigenvalue weighted by atomic mass is 16.6. The first-order chi connectivity index (χ1) is 9.88. The SMILES string of the molecule is CCCNCc1cn[nH]c1-c1ccc2c(c1)OCCO2. The van der Waals surface area contributed by atoms with E-state index < -0.39 is 0 Å². The molecule has 0 atom stereocenters. The zero-order valence-corrected chi connectivity index (χ0v) is 11.6. The van der Waals surface area contributed by atoms with E-state index in [1.807, 2.05) is 24.4 Å². The number of H-pyrrole nitrogens is 1. The van der Waals surface area contributed by atoms with Crippen LogP contribution in [0, 0.1) is 0 Å². The molecule has 2 aromatic rings. The third kappa shape index (κ3) is 2.63. The monoisotopic (exact) mass is 273 g/mol. The summed E-state index contributed by atoms with van der Waals surface area (Å²) in [5, 5.41) is 10.6. The van der Waals surface area contributed by atoms with E-state index in [4.69, 9.17) is 9.47 Å². The fourth-order valence-electron chi connectivity index (χ4n) is 2.29. The van der Waals surface area contributed by atoms with E-state index in [-0.39, 0.29) is 0 Å². The van der Waals surface area contributed by atoms with Gasteiger partial charge in [-0.3, -0.25) is 5.10 Å². The lowest BCUT2D eigenvalue weighted by atomic mass is 10.1. The van der Waals surface area contributed by atoms with Gasteiger partial charge in [0.05, 0.1) is 11.9 Å². The summed E-state index contributed by atoms with van der Waals surface area (Å²) in [6, 6.07) is 5.99. The van der Waals surface area contributed by atoms with Crippen LogP contribution < -0.4 is 14.8 Å². The minimum absolute atomic E-state index is 0.602. The Bertz CT molecular complexity index is 580. The number of aromatic amines is 1. The molecule has 0 aliphatic carbocycles. The Labute approximate surface area is 118 Å². The van der Waals surface area contributed by atoms with Gasteiger partial charge in [-0.1, -0.05) is 6.92 Å². The van der Waals surface area contributed by atoms with Gasteiger partial charge in [0.1, 0.15) is 13.2 Å². The fraction of sp³-hybridized carbons (Fsp3) is 0.400. The van der Waals surface area contributed by atoms with Crippen LogP contribution in [0.3, 0.4) is 0 Å². The smallest absolute Gasteiger partial charge is 0.162 e. The summed E-state index contributed by atoms with van der Waals surface area (Å²) in [5.74, 6) is 1.61. The van der Waals surface area contributed by atoms with Crippen LogP contribution >= 0.6 is 0 Å². The number of ether oxygens (including phenoxy) is 2. The van der Waals surface area contributed by atoms with Crippen LogP contribution in [0.5, 0.6) is 11.5 Å². The molecular weight excluding hydrogens is 254 g/mol. The maximum absolute atomic E-state index is 5.63. The second-order valence-electron chi connectivity index (χ2n) is 4.81. The Morgan fingerprint density at radius 2 is 2.10 bits per heavy atom. The van der Waals surface area contributed by atoms with Crippen molar-refractivity contribution in [1.29, 1.82) is 0 Å². The first-order valence-electron chi connectivity index (χ1n) is 7.01. The lowest BCUT2D eigenvalue weighted by Crippen LogP contribution is -2.15. The molecular formula is C15H19N3O2. The van der Waals surface area contributed by atoms with Crippen LogP contribution in [0.1, 0.15) is 18.9 Å². The number of nitrogens with zero attached hydrogens (tertiary/aromatic N) is 1. The molecule has 0 fully saturated rings. The highest BCUT2D eigenvalue weighted by Gasteiger charge is 2.14. The Morgan fingerprint density at radius 1 is 1.25 bits per heavy atom. The third-order valence-corrected chi connectivity index (χ3v) is 3.29. The molecule has 0 radical (unpaired) electrons. The van der Waals surface area contributed by atoms with E-state index in [1.165, 1.54) is 0 Å². The number of benzene rings is 1. The maximum Gasteiger partial charge on any atom is 0.162 e. The largest absolute Gasteiger partial charge is 0.486 e. The normalized spacial score (nSPS) is 13.4. The minimum atomic E-state index is 0.602. The van der Waals surface area contributed by atoms with Gasteiger partial charge in [0, 0.05) is 17.7 Å². The van der Waals surface area contributed by atoms with Crippen LogP contribution in [0.2, 0.25) is 0 Å². The molecule has 0 amide bonds. The summed E-state index contributed by atoms with van der Waals surface area (Å²) in [4.78, 5) is 0. The summed E-state index contributed by atoms with van der Waals surface area (Å²) in [6.45, 7) is 5.19. The molecule has 2 N–H and O–H groups in total. The molecule has 20 heavy (non-hydrogen) atoms. The number of fused-ring (bicyclic) bond motifs is 1. The van der Waals surface area contributed by atoms with Gasteiger partial charge in [-0.25, -0.2) is 0 Å². The molecule has 0 unspecified atom stereocenters. The van der Waals surface area contributed by atoms with Crippen LogP contribution in [0.15, 0.2) is 24.4 Å². The van der Waals surface area contributed by atoms with Gasteiger partial charge in [0.15, 0.2) is 11.5 Å². The Kier molecular flexibility index (Phi) is 3.87. The number of aromatic nitrogens is 2. The minimum Gasteiger partial charge on any atom is -0.486 e. The summed E-state index contributed by atoms with van der Waals surface area (Å²) < 4.78 is 11.2. The molecule has 5 nitrogen and oxygen atoms in total. The van der Waals surface area contributed by atoms with Crippen molar-refractivity contribution in [3.8, 4) is 22.8 Å². The predicted octanol–water partition coefficient (Wildman–Crippen LogP) is 2.35. The van der Waals surface area contributed by atoms with Gasteiger partial charge in [-0.15, -0.1) is 0 Å². The molecule has 106 valence electrons. The highest BCUT2D eigenvalue weighted by molar-refractivity contribution is 5.66. The summed E-state index contributed by atoms with van der Waals surface area (Å²) in [6.07, 6.45) is 2.99. The predicted molar refractivity (Wildman–Crippen MR) is 77.0 cm³/mol. The number of nitrogens with one attached hydrogen (secondary N) is 2. The van der Waals surface area contributed by atoms with E-state index in [0.717, 1.165) is 47.8 Å². The van der Waals surface area contributed by atoms with Crippen molar-refractivity contribution in [2.45, 2.75) is 19.9 Å². The molecule has 0 bridgehead atoms. The van der Waals surface area contributed by atoms with E-state index in [2.05, 4.69) is 22.4 Å².